The number of pyridine rings is 1. The Balaban J connectivity index is 1.55. The minimum atomic E-state index is -0.683. The van der Waals surface area contributed by atoms with Crippen molar-refractivity contribution >= 4 is 44.8 Å². The monoisotopic (exact) mass is 445 g/mol. The van der Waals surface area contributed by atoms with Gasteiger partial charge in [-0.15, -0.1) is 11.3 Å². The minimum absolute atomic E-state index is 0.274. The van der Waals surface area contributed by atoms with Crippen molar-refractivity contribution < 1.29 is 14.3 Å². The molecule has 3 rings (SSSR count). The molecule has 0 radical (unpaired) electrons. The highest BCUT2D eigenvalue weighted by Gasteiger charge is 2.17. The van der Waals surface area contributed by atoms with E-state index in [0.717, 1.165) is 4.47 Å². The van der Waals surface area contributed by atoms with Gasteiger partial charge in [-0.05, 0) is 42.6 Å². The first kappa shape index (κ1) is 19.1. The molecule has 0 bridgehead atoms. The van der Waals surface area contributed by atoms with Crippen LogP contribution in [0.15, 0.2) is 64.6 Å². The van der Waals surface area contributed by atoms with Crippen LogP contribution >= 0.6 is 27.3 Å². The van der Waals surface area contributed by atoms with Gasteiger partial charge in [0.2, 0.25) is 11.8 Å². The molecule has 2 aromatic heterocycles. The van der Waals surface area contributed by atoms with Crippen molar-refractivity contribution in [2.45, 2.75) is 13.0 Å². The summed E-state index contributed by atoms with van der Waals surface area (Å²) in [5.41, 5.74) is 0.513. The van der Waals surface area contributed by atoms with E-state index in [2.05, 4.69) is 31.5 Å². The van der Waals surface area contributed by atoms with Crippen molar-refractivity contribution in [3.8, 4) is 11.6 Å². The minimum Gasteiger partial charge on any atom is -0.439 e. The summed E-state index contributed by atoms with van der Waals surface area (Å²) < 4.78 is 6.56. The number of rotatable bonds is 6. The van der Waals surface area contributed by atoms with E-state index in [0.29, 0.717) is 22.2 Å². The van der Waals surface area contributed by atoms with Crippen LogP contribution in [0.3, 0.4) is 0 Å². The third-order valence-electron chi connectivity index (χ3n) is 3.51. The van der Waals surface area contributed by atoms with Crippen molar-refractivity contribution in [2.75, 3.05) is 5.32 Å². The zero-order valence-corrected chi connectivity index (χ0v) is 16.7. The number of amides is 2. The second-order valence-electron chi connectivity index (χ2n) is 5.61. The van der Waals surface area contributed by atoms with Crippen molar-refractivity contribution in [1.29, 1.82) is 0 Å². The zero-order chi connectivity index (χ0) is 19.2. The normalized spacial score (nSPS) is 11.5. The second-order valence-corrected chi connectivity index (χ2v) is 7.47. The number of nitrogens with one attached hydrogen (secondary N) is 2. The fraction of sp³-hybridized carbons (Fsp3) is 0.105. The van der Waals surface area contributed by atoms with E-state index >= 15 is 0 Å². The number of benzene rings is 1. The molecule has 0 saturated carbocycles. The Morgan fingerprint density at radius 3 is 2.70 bits per heavy atom. The summed E-state index contributed by atoms with van der Waals surface area (Å²) in [6.45, 7) is 1.62. The predicted octanol–water partition coefficient (Wildman–Crippen LogP) is 4.45. The molecular formula is C19H16BrN3O3S. The topological polar surface area (TPSA) is 80.3 Å². The number of hydrogen-bond donors (Lipinski definition) is 2. The lowest BCUT2D eigenvalue weighted by Crippen LogP contribution is -2.41. The van der Waals surface area contributed by atoms with Crippen LogP contribution in [0.2, 0.25) is 0 Å². The average molecular weight is 446 g/mol. The van der Waals surface area contributed by atoms with Gasteiger partial charge in [0.05, 0.1) is 16.8 Å². The first-order chi connectivity index (χ1) is 13.0. The first-order valence-corrected chi connectivity index (χ1v) is 9.73. The Hall–Kier alpha value is -2.71. The number of carbonyl (C=O) groups is 2. The van der Waals surface area contributed by atoms with Crippen molar-refractivity contribution in [1.82, 2.24) is 10.3 Å². The zero-order valence-electron chi connectivity index (χ0n) is 14.3. The fourth-order valence-electron chi connectivity index (χ4n) is 2.16. The van der Waals surface area contributed by atoms with Crippen LogP contribution in [0, 0.1) is 0 Å². The molecule has 8 heteroatoms. The highest BCUT2D eigenvalue weighted by molar-refractivity contribution is 9.10. The summed E-state index contributed by atoms with van der Waals surface area (Å²) in [4.78, 5) is 29.0. The van der Waals surface area contributed by atoms with Gasteiger partial charge in [0, 0.05) is 10.5 Å². The van der Waals surface area contributed by atoms with E-state index in [1.165, 1.54) is 17.5 Å². The van der Waals surface area contributed by atoms with Gasteiger partial charge < -0.3 is 15.4 Å². The maximum Gasteiger partial charge on any atom is 0.261 e. The molecule has 0 aliphatic heterocycles. The predicted molar refractivity (Wildman–Crippen MR) is 108 cm³/mol. The van der Waals surface area contributed by atoms with Crippen molar-refractivity contribution in [2.24, 2.45) is 0 Å². The van der Waals surface area contributed by atoms with Crippen molar-refractivity contribution in [3.05, 3.63) is 69.5 Å². The van der Waals surface area contributed by atoms with Crippen LogP contribution in [0.5, 0.6) is 11.6 Å². The van der Waals surface area contributed by atoms with E-state index in [4.69, 9.17) is 4.74 Å². The molecule has 0 saturated heterocycles. The molecular weight excluding hydrogens is 430 g/mol. The average Bonchev–Trinajstić information content (AvgIpc) is 3.18. The van der Waals surface area contributed by atoms with Gasteiger partial charge in [0.1, 0.15) is 11.8 Å². The van der Waals surface area contributed by atoms with Crippen LogP contribution in [-0.2, 0) is 4.79 Å². The third kappa shape index (κ3) is 5.38. The van der Waals surface area contributed by atoms with Crippen LogP contribution in [0.1, 0.15) is 16.6 Å². The largest absolute Gasteiger partial charge is 0.439 e. The molecule has 6 nitrogen and oxygen atoms in total. The Bertz CT molecular complexity index is 930. The fourth-order valence-corrected chi connectivity index (χ4v) is 3.16. The number of nitrogens with zero attached hydrogens (tertiary/aromatic N) is 1. The Morgan fingerprint density at radius 2 is 2.04 bits per heavy atom. The molecule has 2 amide bonds. The van der Waals surface area contributed by atoms with Gasteiger partial charge in [-0.3, -0.25) is 9.59 Å². The molecule has 0 aliphatic carbocycles. The Labute approximate surface area is 168 Å². The number of aromatic nitrogens is 1. The molecule has 0 fully saturated rings. The van der Waals surface area contributed by atoms with Crippen LogP contribution in [0.4, 0.5) is 5.69 Å². The lowest BCUT2D eigenvalue weighted by molar-refractivity contribution is -0.117. The molecule has 2 heterocycles. The first-order valence-electron chi connectivity index (χ1n) is 8.06. The molecule has 1 aromatic carbocycles. The highest BCUT2D eigenvalue weighted by atomic mass is 79.9. The Kier molecular flexibility index (Phi) is 6.20. The summed E-state index contributed by atoms with van der Waals surface area (Å²) in [5.74, 6) is 0.453. The maximum absolute atomic E-state index is 12.2. The number of anilines is 1. The van der Waals surface area contributed by atoms with Gasteiger partial charge in [-0.1, -0.05) is 28.1 Å². The number of thiophene rings is 1. The number of carbonyl (C=O) groups excluding carboxylic acids is 2. The molecule has 0 aliphatic rings. The SMILES string of the molecule is CC(NC(=O)c1cccs1)C(=O)Nc1ccc(Oc2cccc(Br)c2)nc1. The van der Waals surface area contributed by atoms with Gasteiger partial charge in [-0.25, -0.2) is 4.98 Å². The lowest BCUT2D eigenvalue weighted by Gasteiger charge is -2.13. The maximum atomic E-state index is 12.2. The summed E-state index contributed by atoms with van der Waals surface area (Å²) in [5, 5.41) is 7.19. The molecule has 138 valence electrons. The molecule has 0 spiro atoms. The van der Waals surface area contributed by atoms with Crippen LogP contribution in [0.25, 0.3) is 0 Å². The summed E-state index contributed by atoms with van der Waals surface area (Å²) in [6.07, 6.45) is 1.50. The van der Waals surface area contributed by atoms with Crippen LogP contribution < -0.4 is 15.4 Å². The summed E-state index contributed by atoms with van der Waals surface area (Å²) in [6, 6.07) is 13.6. The highest BCUT2D eigenvalue weighted by Crippen LogP contribution is 2.23. The standard InChI is InChI=1S/C19H16BrN3O3S/c1-12(22-19(25)16-6-3-9-27-16)18(24)23-14-7-8-17(21-11-14)26-15-5-2-4-13(20)10-15/h2-12H,1H3,(H,22,25)(H,23,24). The van der Waals surface area contributed by atoms with E-state index in [1.54, 1.807) is 31.2 Å². The summed E-state index contributed by atoms with van der Waals surface area (Å²) >= 11 is 4.70. The van der Waals surface area contributed by atoms with Crippen molar-refractivity contribution in [3.63, 3.8) is 0 Å². The van der Waals surface area contributed by atoms with Gasteiger partial charge in [0.15, 0.2) is 0 Å². The van der Waals surface area contributed by atoms with E-state index in [9.17, 15) is 9.59 Å². The van der Waals surface area contributed by atoms with Crippen LogP contribution in [-0.4, -0.2) is 22.8 Å². The van der Waals surface area contributed by atoms with E-state index < -0.39 is 6.04 Å². The van der Waals surface area contributed by atoms with Gasteiger partial charge >= 0.3 is 0 Å². The lowest BCUT2D eigenvalue weighted by atomic mass is 10.3. The molecule has 1 atom stereocenters. The molecule has 3 aromatic rings. The molecule has 27 heavy (non-hydrogen) atoms. The van der Waals surface area contributed by atoms with Gasteiger partial charge in [-0.2, -0.15) is 0 Å². The van der Waals surface area contributed by atoms with Gasteiger partial charge in [0.25, 0.3) is 5.91 Å². The number of hydrogen-bond acceptors (Lipinski definition) is 5. The third-order valence-corrected chi connectivity index (χ3v) is 4.87. The summed E-state index contributed by atoms with van der Waals surface area (Å²) in [7, 11) is 0. The molecule has 1 unspecified atom stereocenters. The Morgan fingerprint density at radius 1 is 1.19 bits per heavy atom. The second kappa shape index (κ2) is 8.79. The smallest absolute Gasteiger partial charge is 0.261 e. The van der Waals surface area contributed by atoms with E-state index in [-0.39, 0.29) is 11.8 Å². The number of ether oxygens (including phenoxy) is 1. The molecule has 2 N–H and O–H groups in total. The van der Waals surface area contributed by atoms with E-state index in [1.807, 2.05) is 29.6 Å². The number of halogens is 1. The quantitative estimate of drug-likeness (QED) is 0.586.